The van der Waals surface area contributed by atoms with E-state index in [1.807, 2.05) is 30.3 Å². The number of nitrogens with two attached hydrogens (primary N) is 1. The molecule has 1 fully saturated rings. The van der Waals surface area contributed by atoms with Crippen molar-refractivity contribution in [1.82, 2.24) is 0 Å². The van der Waals surface area contributed by atoms with Crippen molar-refractivity contribution in [1.29, 1.82) is 0 Å². The summed E-state index contributed by atoms with van der Waals surface area (Å²) in [5.41, 5.74) is 6.19. The van der Waals surface area contributed by atoms with Crippen molar-refractivity contribution in [2.24, 2.45) is 11.1 Å². The van der Waals surface area contributed by atoms with Gasteiger partial charge in [0.1, 0.15) is 0 Å². The summed E-state index contributed by atoms with van der Waals surface area (Å²) in [7, 11) is 0. The fraction of sp³-hybridized carbons (Fsp3) is 0.267. The van der Waals surface area contributed by atoms with Gasteiger partial charge in [0, 0.05) is 16.7 Å². The van der Waals surface area contributed by atoms with Crippen molar-refractivity contribution >= 4 is 38.3 Å². The van der Waals surface area contributed by atoms with Crippen LogP contribution in [0.25, 0.3) is 10.8 Å². The van der Waals surface area contributed by atoms with E-state index in [2.05, 4.69) is 27.3 Å². The standard InChI is InChI=1S/C15H15BrN2O/c16-12-3-1-11-8-13(4-2-10(11)7-12)18-14(19)15(9-17)5-6-15/h1-4,7-8H,5-6,9,17H2,(H,18,19). The lowest BCUT2D eigenvalue weighted by Gasteiger charge is -2.13. The molecule has 3 nitrogen and oxygen atoms in total. The second-order valence-corrected chi connectivity index (χ2v) is 6.06. The van der Waals surface area contributed by atoms with Gasteiger partial charge in [0.05, 0.1) is 5.41 Å². The third kappa shape index (κ3) is 2.38. The molecule has 0 aromatic heterocycles. The van der Waals surface area contributed by atoms with Crippen molar-refractivity contribution in [2.75, 3.05) is 11.9 Å². The molecule has 98 valence electrons. The Labute approximate surface area is 120 Å². The maximum absolute atomic E-state index is 12.1. The summed E-state index contributed by atoms with van der Waals surface area (Å²) in [6, 6.07) is 12.0. The lowest BCUT2D eigenvalue weighted by molar-refractivity contribution is -0.120. The molecule has 0 bridgehead atoms. The summed E-state index contributed by atoms with van der Waals surface area (Å²) in [6.07, 6.45) is 1.80. The largest absolute Gasteiger partial charge is 0.329 e. The molecule has 1 aliphatic rings. The highest BCUT2D eigenvalue weighted by atomic mass is 79.9. The van der Waals surface area contributed by atoms with Crippen LogP contribution >= 0.6 is 15.9 Å². The predicted molar refractivity (Wildman–Crippen MR) is 81.0 cm³/mol. The van der Waals surface area contributed by atoms with Crippen LogP contribution in [0.1, 0.15) is 12.8 Å². The van der Waals surface area contributed by atoms with E-state index in [1.165, 1.54) is 0 Å². The maximum atomic E-state index is 12.1. The van der Waals surface area contributed by atoms with Crippen LogP contribution in [0.2, 0.25) is 0 Å². The average Bonchev–Trinajstić information content (AvgIpc) is 3.20. The fourth-order valence-electron chi connectivity index (χ4n) is 2.23. The number of carbonyl (C=O) groups is 1. The van der Waals surface area contributed by atoms with Crippen molar-refractivity contribution in [3.05, 3.63) is 40.9 Å². The summed E-state index contributed by atoms with van der Waals surface area (Å²) < 4.78 is 1.05. The summed E-state index contributed by atoms with van der Waals surface area (Å²) in [6.45, 7) is 0.430. The Bertz CT molecular complexity index is 650. The number of halogens is 1. The zero-order chi connectivity index (χ0) is 13.5. The van der Waals surface area contributed by atoms with Crippen LogP contribution in [0.15, 0.2) is 40.9 Å². The number of amides is 1. The number of rotatable bonds is 3. The Morgan fingerprint density at radius 2 is 1.89 bits per heavy atom. The monoisotopic (exact) mass is 318 g/mol. The molecule has 4 heteroatoms. The third-order valence-corrected chi connectivity index (χ3v) is 4.28. The van der Waals surface area contributed by atoms with Gasteiger partial charge in [-0.2, -0.15) is 0 Å². The molecule has 0 saturated heterocycles. The van der Waals surface area contributed by atoms with Crippen LogP contribution < -0.4 is 11.1 Å². The maximum Gasteiger partial charge on any atom is 0.231 e. The highest BCUT2D eigenvalue weighted by molar-refractivity contribution is 9.10. The number of hydrogen-bond donors (Lipinski definition) is 2. The van der Waals surface area contributed by atoms with Gasteiger partial charge in [0.2, 0.25) is 5.91 Å². The van der Waals surface area contributed by atoms with Crippen LogP contribution in [0, 0.1) is 5.41 Å². The topological polar surface area (TPSA) is 55.1 Å². The van der Waals surface area contributed by atoms with Gasteiger partial charge >= 0.3 is 0 Å². The highest BCUT2D eigenvalue weighted by Gasteiger charge is 2.48. The molecule has 0 heterocycles. The molecule has 0 aliphatic heterocycles. The number of benzene rings is 2. The second-order valence-electron chi connectivity index (χ2n) is 5.14. The van der Waals surface area contributed by atoms with Gasteiger partial charge in [-0.15, -0.1) is 0 Å². The molecule has 2 aromatic carbocycles. The van der Waals surface area contributed by atoms with Gasteiger partial charge < -0.3 is 11.1 Å². The summed E-state index contributed by atoms with van der Waals surface area (Å²) in [4.78, 5) is 12.1. The van der Waals surface area contributed by atoms with Crippen molar-refractivity contribution in [3.63, 3.8) is 0 Å². The van der Waals surface area contributed by atoms with E-state index in [0.717, 1.165) is 33.8 Å². The van der Waals surface area contributed by atoms with Crippen LogP contribution in [0.4, 0.5) is 5.69 Å². The Kier molecular flexibility index (Phi) is 3.07. The first-order valence-corrected chi connectivity index (χ1v) is 7.13. The predicted octanol–water partition coefficient (Wildman–Crippen LogP) is 3.28. The number of fused-ring (bicyclic) bond motifs is 1. The molecule has 0 spiro atoms. The zero-order valence-electron chi connectivity index (χ0n) is 10.4. The average molecular weight is 319 g/mol. The van der Waals surface area contributed by atoms with E-state index in [-0.39, 0.29) is 11.3 Å². The third-order valence-electron chi connectivity index (χ3n) is 3.79. The minimum Gasteiger partial charge on any atom is -0.329 e. The van der Waals surface area contributed by atoms with Crippen LogP contribution in [-0.4, -0.2) is 12.5 Å². The quantitative estimate of drug-likeness (QED) is 0.912. The van der Waals surface area contributed by atoms with Crippen molar-refractivity contribution in [2.45, 2.75) is 12.8 Å². The van der Waals surface area contributed by atoms with E-state index in [4.69, 9.17) is 5.73 Å². The van der Waals surface area contributed by atoms with E-state index in [1.54, 1.807) is 0 Å². The molecule has 1 saturated carbocycles. The summed E-state index contributed by atoms with van der Waals surface area (Å²) in [5, 5.41) is 5.23. The number of hydrogen-bond acceptors (Lipinski definition) is 2. The summed E-state index contributed by atoms with van der Waals surface area (Å²) >= 11 is 3.45. The SMILES string of the molecule is NCC1(C(=O)Nc2ccc3cc(Br)ccc3c2)CC1. The highest BCUT2D eigenvalue weighted by Crippen LogP contribution is 2.45. The zero-order valence-corrected chi connectivity index (χ0v) is 12.0. The molecule has 0 atom stereocenters. The Morgan fingerprint density at radius 3 is 2.58 bits per heavy atom. The van der Waals surface area contributed by atoms with Crippen LogP contribution in [-0.2, 0) is 4.79 Å². The first-order chi connectivity index (χ1) is 9.13. The molecule has 3 rings (SSSR count). The van der Waals surface area contributed by atoms with Crippen LogP contribution in [0.3, 0.4) is 0 Å². The molecule has 3 N–H and O–H groups in total. The second kappa shape index (κ2) is 4.62. The number of carbonyl (C=O) groups excluding carboxylic acids is 1. The van der Waals surface area contributed by atoms with Gasteiger partial charge in [-0.3, -0.25) is 4.79 Å². The molecule has 19 heavy (non-hydrogen) atoms. The molecule has 1 amide bonds. The van der Waals surface area contributed by atoms with Gasteiger partial charge in [0.15, 0.2) is 0 Å². The van der Waals surface area contributed by atoms with E-state index in [9.17, 15) is 4.79 Å². The van der Waals surface area contributed by atoms with E-state index < -0.39 is 0 Å². The Balaban J connectivity index is 1.86. The van der Waals surface area contributed by atoms with E-state index in [0.29, 0.717) is 6.54 Å². The van der Waals surface area contributed by atoms with Crippen LogP contribution in [0.5, 0.6) is 0 Å². The molecular weight excluding hydrogens is 304 g/mol. The Hall–Kier alpha value is -1.39. The fourth-order valence-corrected chi connectivity index (χ4v) is 2.61. The minimum absolute atomic E-state index is 0.0476. The first kappa shape index (κ1) is 12.6. The number of nitrogens with one attached hydrogen (secondary N) is 1. The minimum atomic E-state index is -0.311. The van der Waals surface area contributed by atoms with Gasteiger partial charge in [0.25, 0.3) is 0 Å². The number of anilines is 1. The molecule has 0 radical (unpaired) electrons. The van der Waals surface area contributed by atoms with Gasteiger partial charge in [-0.05, 0) is 47.9 Å². The Morgan fingerprint density at radius 1 is 1.21 bits per heavy atom. The molecule has 2 aromatic rings. The smallest absolute Gasteiger partial charge is 0.231 e. The van der Waals surface area contributed by atoms with Crippen molar-refractivity contribution < 1.29 is 4.79 Å². The molecule has 0 unspecified atom stereocenters. The molecular formula is C15H15BrN2O. The van der Waals surface area contributed by atoms with Gasteiger partial charge in [-0.1, -0.05) is 28.1 Å². The lowest BCUT2D eigenvalue weighted by Crippen LogP contribution is -2.30. The van der Waals surface area contributed by atoms with Crippen molar-refractivity contribution in [3.8, 4) is 0 Å². The van der Waals surface area contributed by atoms with Gasteiger partial charge in [-0.25, -0.2) is 0 Å². The lowest BCUT2D eigenvalue weighted by atomic mass is 10.1. The normalized spacial score (nSPS) is 16.3. The van der Waals surface area contributed by atoms with E-state index >= 15 is 0 Å². The first-order valence-electron chi connectivity index (χ1n) is 6.34. The molecule has 1 aliphatic carbocycles. The summed E-state index contributed by atoms with van der Waals surface area (Å²) in [5.74, 6) is 0.0476.